The van der Waals surface area contributed by atoms with E-state index >= 15 is 0 Å². The lowest BCUT2D eigenvalue weighted by atomic mass is 9.93. The SMILES string of the molecule is Cc1cc(=O)cc(C(=O)NC2CCC(Oc3cc(F)cc(F)c3)CC2)o1. The average molecular weight is 363 g/mol. The molecular weight excluding hydrogens is 344 g/mol. The van der Waals surface area contributed by atoms with Gasteiger partial charge in [-0.15, -0.1) is 0 Å². The van der Waals surface area contributed by atoms with Crippen LogP contribution >= 0.6 is 0 Å². The van der Waals surface area contributed by atoms with Crippen LogP contribution in [-0.2, 0) is 0 Å². The predicted octanol–water partition coefficient (Wildman–Crippen LogP) is 3.35. The molecule has 1 amide bonds. The Morgan fingerprint density at radius 3 is 2.35 bits per heavy atom. The van der Waals surface area contributed by atoms with Crippen LogP contribution < -0.4 is 15.5 Å². The molecule has 2 aromatic rings. The van der Waals surface area contributed by atoms with E-state index in [-0.39, 0.29) is 29.1 Å². The maximum Gasteiger partial charge on any atom is 0.287 e. The highest BCUT2D eigenvalue weighted by atomic mass is 19.1. The molecule has 1 aliphatic carbocycles. The molecule has 1 aliphatic rings. The van der Waals surface area contributed by atoms with Gasteiger partial charge in [-0.2, -0.15) is 0 Å². The molecule has 26 heavy (non-hydrogen) atoms. The summed E-state index contributed by atoms with van der Waals surface area (Å²) in [6.45, 7) is 1.61. The lowest BCUT2D eigenvalue weighted by molar-refractivity contribution is 0.0862. The summed E-state index contributed by atoms with van der Waals surface area (Å²) in [4.78, 5) is 23.7. The van der Waals surface area contributed by atoms with Crippen LogP contribution in [0.5, 0.6) is 5.75 Å². The van der Waals surface area contributed by atoms with Gasteiger partial charge >= 0.3 is 0 Å². The Balaban J connectivity index is 1.53. The molecule has 7 heteroatoms. The van der Waals surface area contributed by atoms with Crippen LogP contribution in [0.4, 0.5) is 8.78 Å². The summed E-state index contributed by atoms with van der Waals surface area (Å²) in [5, 5.41) is 2.85. The molecule has 0 bridgehead atoms. The van der Waals surface area contributed by atoms with Crippen LogP contribution in [0.25, 0.3) is 0 Å². The molecule has 1 N–H and O–H groups in total. The summed E-state index contributed by atoms with van der Waals surface area (Å²) < 4.78 is 37.3. The van der Waals surface area contributed by atoms with Crippen molar-refractivity contribution in [1.29, 1.82) is 0 Å². The molecule has 0 saturated heterocycles. The zero-order valence-electron chi connectivity index (χ0n) is 14.3. The van der Waals surface area contributed by atoms with Crippen molar-refractivity contribution < 1.29 is 22.7 Å². The Morgan fingerprint density at radius 1 is 1.08 bits per heavy atom. The molecule has 1 aromatic heterocycles. The third kappa shape index (κ3) is 4.68. The maximum atomic E-state index is 13.2. The first kappa shape index (κ1) is 18.1. The van der Waals surface area contributed by atoms with E-state index in [1.165, 1.54) is 6.07 Å². The number of rotatable bonds is 4. The largest absolute Gasteiger partial charge is 0.490 e. The zero-order valence-corrected chi connectivity index (χ0v) is 14.3. The van der Waals surface area contributed by atoms with Gasteiger partial charge in [0.25, 0.3) is 5.91 Å². The number of carbonyl (C=O) groups excluding carboxylic acids is 1. The van der Waals surface area contributed by atoms with E-state index in [4.69, 9.17) is 9.15 Å². The number of ether oxygens (including phenoxy) is 1. The summed E-state index contributed by atoms with van der Waals surface area (Å²) in [5.74, 6) is -1.26. The molecule has 3 rings (SSSR count). The molecule has 0 radical (unpaired) electrons. The number of amides is 1. The van der Waals surface area contributed by atoms with Crippen LogP contribution in [0.1, 0.15) is 42.0 Å². The summed E-state index contributed by atoms with van der Waals surface area (Å²) >= 11 is 0. The van der Waals surface area contributed by atoms with Crippen molar-refractivity contribution in [1.82, 2.24) is 5.32 Å². The first-order chi connectivity index (χ1) is 12.4. The average Bonchev–Trinajstić information content (AvgIpc) is 2.55. The molecule has 138 valence electrons. The van der Waals surface area contributed by atoms with Crippen molar-refractivity contribution in [2.75, 3.05) is 0 Å². The molecule has 5 nitrogen and oxygen atoms in total. The Morgan fingerprint density at radius 2 is 1.73 bits per heavy atom. The van der Waals surface area contributed by atoms with Crippen LogP contribution in [-0.4, -0.2) is 18.1 Å². The second-order valence-electron chi connectivity index (χ2n) is 6.44. The zero-order chi connectivity index (χ0) is 18.7. The second-order valence-corrected chi connectivity index (χ2v) is 6.44. The third-order valence-electron chi connectivity index (χ3n) is 4.26. The first-order valence-corrected chi connectivity index (χ1v) is 8.44. The predicted molar refractivity (Wildman–Crippen MR) is 90.2 cm³/mol. The first-order valence-electron chi connectivity index (χ1n) is 8.44. The normalized spacial score (nSPS) is 19.8. The molecule has 0 atom stereocenters. The fourth-order valence-corrected chi connectivity index (χ4v) is 3.09. The van der Waals surface area contributed by atoms with E-state index in [0.717, 1.165) is 24.3 Å². The van der Waals surface area contributed by atoms with Gasteiger partial charge in [0.2, 0.25) is 0 Å². The van der Waals surface area contributed by atoms with Crippen molar-refractivity contribution in [3.8, 4) is 5.75 Å². The van der Waals surface area contributed by atoms with Crippen molar-refractivity contribution in [2.24, 2.45) is 0 Å². The Kier molecular flexibility index (Phi) is 5.35. The summed E-state index contributed by atoms with van der Waals surface area (Å²) in [5.41, 5.74) is -0.279. The number of aryl methyl sites for hydroxylation is 1. The van der Waals surface area contributed by atoms with E-state index in [1.807, 2.05) is 0 Å². The van der Waals surface area contributed by atoms with Gasteiger partial charge in [0.1, 0.15) is 23.1 Å². The number of hydrogen-bond acceptors (Lipinski definition) is 4. The van der Waals surface area contributed by atoms with Gasteiger partial charge in [0.05, 0.1) is 6.10 Å². The van der Waals surface area contributed by atoms with Gasteiger partial charge < -0.3 is 14.5 Å². The minimum atomic E-state index is -0.680. The van der Waals surface area contributed by atoms with Gasteiger partial charge in [-0.3, -0.25) is 9.59 Å². The molecular formula is C19H19F2NO4. The number of halogens is 2. The van der Waals surface area contributed by atoms with Gasteiger partial charge in [-0.05, 0) is 32.6 Å². The standard InChI is InChI=1S/C19H19F2NO4/c1-11-6-15(23)10-18(25-11)19(24)22-14-2-4-16(5-3-14)26-17-8-12(20)7-13(21)9-17/h6-10,14,16H,2-5H2,1H3,(H,22,24). The quantitative estimate of drug-likeness (QED) is 0.905. The molecule has 1 heterocycles. The maximum absolute atomic E-state index is 13.2. The Labute approximate surface area is 149 Å². The molecule has 1 aromatic carbocycles. The molecule has 0 aliphatic heterocycles. The van der Waals surface area contributed by atoms with E-state index in [2.05, 4.69) is 5.32 Å². The highest BCUT2D eigenvalue weighted by Crippen LogP contribution is 2.25. The van der Waals surface area contributed by atoms with E-state index in [0.29, 0.717) is 31.4 Å². The van der Waals surface area contributed by atoms with Crippen LogP contribution in [0.3, 0.4) is 0 Å². The Hall–Kier alpha value is -2.70. The second kappa shape index (κ2) is 7.68. The van der Waals surface area contributed by atoms with E-state index in [1.54, 1.807) is 6.92 Å². The molecule has 1 fully saturated rings. The summed E-state index contributed by atoms with van der Waals surface area (Å²) in [6.07, 6.45) is 2.43. The highest BCUT2D eigenvalue weighted by Gasteiger charge is 2.25. The fraction of sp³-hybridized carbons (Fsp3) is 0.368. The van der Waals surface area contributed by atoms with E-state index in [9.17, 15) is 18.4 Å². The van der Waals surface area contributed by atoms with Gasteiger partial charge in [-0.25, -0.2) is 8.78 Å². The fourth-order valence-electron chi connectivity index (χ4n) is 3.09. The monoisotopic (exact) mass is 363 g/mol. The van der Waals surface area contributed by atoms with Crippen LogP contribution in [0.15, 0.2) is 39.5 Å². The number of carbonyl (C=O) groups is 1. The highest BCUT2D eigenvalue weighted by molar-refractivity contribution is 5.91. The topological polar surface area (TPSA) is 68.5 Å². The van der Waals surface area contributed by atoms with Crippen molar-refractivity contribution in [2.45, 2.75) is 44.8 Å². The van der Waals surface area contributed by atoms with Gasteiger partial charge in [0.15, 0.2) is 11.2 Å². The minimum absolute atomic E-state index is 0.0105. The lowest BCUT2D eigenvalue weighted by Gasteiger charge is -2.29. The smallest absolute Gasteiger partial charge is 0.287 e. The Bertz CT molecular complexity index is 837. The van der Waals surface area contributed by atoms with E-state index < -0.39 is 17.5 Å². The van der Waals surface area contributed by atoms with Gasteiger partial charge in [-0.1, -0.05) is 0 Å². The summed E-state index contributed by atoms with van der Waals surface area (Å²) in [7, 11) is 0. The number of benzene rings is 1. The molecule has 0 unspecified atom stereocenters. The van der Waals surface area contributed by atoms with Crippen LogP contribution in [0, 0.1) is 18.6 Å². The van der Waals surface area contributed by atoms with Crippen molar-refractivity contribution in [3.63, 3.8) is 0 Å². The summed E-state index contributed by atoms with van der Waals surface area (Å²) in [6, 6.07) is 5.50. The third-order valence-corrected chi connectivity index (χ3v) is 4.26. The number of nitrogens with one attached hydrogen (secondary N) is 1. The van der Waals surface area contributed by atoms with Crippen molar-refractivity contribution in [3.05, 3.63) is 63.7 Å². The van der Waals surface area contributed by atoms with Crippen molar-refractivity contribution >= 4 is 5.91 Å². The lowest BCUT2D eigenvalue weighted by Crippen LogP contribution is -2.40. The molecule has 0 spiro atoms. The van der Waals surface area contributed by atoms with Gasteiger partial charge in [0, 0.05) is 36.4 Å². The minimum Gasteiger partial charge on any atom is -0.490 e. The number of hydrogen-bond donors (Lipinski definition) is 1. The molecule has 1 saturated carbocycles. The van der Waals surface area contributed by atoms with Crippen LogP contribution in [0.2, 0.25) is 0 Å².